The first-order chi connectivity index (χ1) is 9.57. The number of nitrogens with two attached hydrogens (primary N) is 1. The fraction of sp³-hybridized carbons (Fsp3) is 0.250. The third-order valence-corrected chi connectivity index (χ3v) is 5.35. The summed E-state index contributed by atoms with van der Waals surface area (Å²) >= 11 is 0. The molecule has 1 atom stereocenters. The molecule has 0 bridgehead atoms. The maximum absolute atomic E-state index is 12.1. The number of benzene rings is 1. The molecule has 0 saturated heterocycles. The lowest BCUT2D eigenvalue weighted by molar-refractivity contribution is 0.0947. The van der Waals surface area contributed by atoms with Gasteiger partial charge in [0, 0.05) is 22.9 Å². The second-order valence-electron chi connectivity index (χ2n) is 4.80. The maximum Gasteiger partial charge on any atom is 0.251 e. The summed E-state index contributed by atoms with van der Waals surface area (Å²) in [4.78, 5) is 12.0. The van der Waals surface area contributed by atoms with Crippen molar-refractivity contribution in [1.82, 2.24) is 5.32 Å². The van der Waals surface area contributed by atoms with Crippen LogP contribution >= 0.6 is 0 Å². The molecule has 114 valence electrons. The summed E-state index contributed by atoms with van der Waals surface area (Å²) in [6, 6.07) is 3.16. The SMILES string of the molecule is CS(=O)(=O)c1cc(N)cc(C(=O)NC2C=CS(=O)(=O)C2)c1. The van der Waals surface area contributed by atoms with Crippen LogP contribution in [0.15, 0.2) is 34.6 Å². The maximum atomic E-state index is 12.1. The molecule has 3 N–H and O–H groups in total. The van der Waals surface area contributed by atoms with Gasteiger partial charge in [-0.25, -0.2) is 16.8 Å². The standard InChI is InChI=1S/C12H14N2O5S2/c1-20(16,17)11-5-8(4-9(13)6-11)12(15)14-10-2-3-21(18,19)7-10/h2-6,10H,7,13H2,1H3,(H,14,15). The van der Waals surface area contributed by atoms with Crippen molar-refractivity contribution in [2.24, 2.45) is 0 Å². The topological polar surface area (TPSA) is 123 Å². The Morgan fingerprint density at radius 1 is 1.33 bits per heavy atom. The number of amides is 1. The molecule has 0 aromatic heterocycles. The molecule has 7 nitrogen and oxygen atoms in total. The predicted molar refractivity (Wildman–Crippen MR) is 78.1 cm³/mol. The number of carbonyl (C=O) groups is 1. The Hall–Kier alpha value is -1.87. The van der Waals surface area contributed by atoms with E-state index in [0.717, 1.165) is 11.7 Å². The summed E-state index contributed by atoms with van der Waals surface area (Å²) in [5.41, 5.74) is 5.79. The average Bonchev–Trinajstić information content (AvgIpc) is 2.66. The van der Waals surface area contributed by atoms with Gasteiger partial charge in [0.1, 0.15) is 0 Å². The predicted octanol–water partition coefficient (Wildman–Crippen LogP) is -0.287. The van der Waals surface area contributed by atoms with Crippen LogP contribution in [0.1, 0.15) is 10.4 Å². The van der Waals surface area contributed by atoms with E-state index in [-0.39, 0.29) is 21.9 Å². The molecule has 0 aliphatic carbocycles. The zero-order valence-corrected chi connectivity index (χ0v) is 12.7. The van der Waals surface area contributed by atoms with Gasteiger partial charge in [-0.1, -0.05) is 0 Å². The van der Waals surface area contributed by atoms with E-state index < -0.39 is 31.6 Å². The number of carbonyl (C=O) groups excluding carboxylic acids is 1. The van der Waals surface area contributed by atoms with Crippen molar-refractivity contribution in [3.8, 4) is 0 Å². The van der Waals surface area contributed by atoms with Gasteiger partial charge in [0.2, 0.25) is 0 Å². The summed E-state index contributed by atoms with van der Waals surface area (Å²) in [5.74, 6) is -0.793. The highest BCUT2D eigenvalue weighted by Crippen LogP contribution is 2.17. The fourth-order valence-corrected chi connectivity index (χ4v) is 3.81. The molecule has 1 aliphatic rings. The van der Waals surface area contributed by atoms with Crippen molar-refractivity contribution < 1.29 is 21.6 Å². The molecule has 1 aliphatic heterocycles. The Balaban J connectivity index is 2.25. The molecule has 2 rings (SSSR count). The van der Waals surface area contributed by atoms with Gasteiger partial charge in [0.15, 0.2) is 19.7 Å². The van der Waals surface area contributed by atoms with E-state index in [9.17, 15) is 21.6 Å². The van der Waals surface area contributed by atoms with E-state index in [0.29, 0.717) is 0 Å². The molecular weight excluding hydrogens is 316 g/mol. The van der Waals surface area contributed by atoms with E-state index in [4.69, 9.17) is 5.73 Å². The van der Waals surface area contributed by atoms with Crippen molar-refractivity contribution in [2.45, 2.75) is 10.9 Å². The number of nitrogen functional groups attached to an aromatic ring is 1. The molecule has 21 heavy (non-hydrogen) atoms. The Kier molecular flexibility index (Phi) is 3.81. The second-order valence-corrected chi connectivity index (χ2v) is 8.75. The zero-order valence-electron chi connectivity index (χ0n) is 11.1. The highest BCUT2D eigenvalue weighted by atomic mass is 32.2. The summed E-state index contributed by atoms with van der Waals surface area (Å²) in [6.45, 7) is 0. The number of anilines is 1. The molecule has 1 aromatic carbocycles. The Morgan fingerprint density at radius 3 is 2.52 bits per heavy atom. The number of nitrogens with one attached hydrogen (secondary N) is 1. The van der Waals surface area contributed by atoms with Gasteiger partial charge in [0.25, 0.3) is 5.91 Å². The molecule has 1 aromatic rings. The summed E-state index contributed by atoms with van der Waals surface area (Å²) in [7, 11) is -6.78. The molecule has 0 saturated carbocycles. The lowest BCUT2D eigenvalue weighted by Gasteiger charge is -2.11. The normalized spacial score (nSPS) is 20.3. The highest BCUT2D eigenvalue weighted by molar-refractivity contribution is 7.94. The van der Waals surface area contributed by atoms with E-state index in [1.807, 2.05) is 0 Å². The second kappa shape index (κ2) is 5.15. The Morgan fingerprint density at radius 2 is 2.00 bits per heavy atom. The van der Waals surface area contributed by atoms with Crippen LogP contribution in [0.25, 0.3) is 0 Å². The molecule has 1 amide bonds. The summed E-state index contributed by atoms with van der Waals surface area (Å²) in [5, 5.41) is 3.54. The minimum Gasteiger partial charge on any atom is -0.399 e. The van der Waals surface area contributed by atoms with E-state index >= 15 is 0 Å². The fourth-order valence-electron chi connectivity index (χ4n) is 1.88. The highest BCUT2D eigenvalue weighted by Gasteiger charge is 2.24. The van der Waals surface area contributed by atoms with Crippen molar-refractivity contribution in [3.63, 3.8) is 0 Å². The first kappa shape index (κ1) is 15.5. The minimum atomic E-state index is -3.50. The van der Waals surface area contributed by atoms with Crippen molar-refractivity contribution in [2.75, 3.05) is 17.7 Å². The molecule has 0 radical (unpaired) electrons. The van der Waals surface area contributed by atoms with E-state index in [2.05, 4.69) is 5.32 Å². The van der Waals surface area contributed by atoms with Gasteiger partial charge in [0.05, 0.1) is 16.7 Å². The third kappa shape index (κ3) is 3.82. The van der Waals surface area contributed by atoms with Crippen LogP contribution in [0.4, 0.5) is 5.69 Å². The Labute approximate surface area is 122 Å². The largest absolute Gasteiger partial charge is 0.399 e. The summed E-state index contributed by atoms with van der Waals surface area (Å²) < 4.78 is 45.5. The van der Waals surface area contributed by atoms with Crippen molar-refractivity contribution in [1.29, 1.82) is 0 Å². The monoisotopic (exact) mass is 330 g/mol. The van der Waals surface area contributed by atoms with Crippen LogP contribution in [-0.2, 0) is 19.7 Å². The van der Waals surface area contributed by atoms with Gasteiger partial charge in [-0.05, 0) is 24.3 Å². The third-order valence-electron chi connectivity index (χ3n) is 2.87. The van der Waals surface area contributed by atoms with Gasteiger partial charge >= 0.3 is 0 Å². The number of sulfone groups is 2. The quantitative estimate of drug-likeness (QED) is 0.734. The lowest BCUT2D eigenvalue weighted by Crippen LogP contribution is -2.35. The van der Waals surface area contributed by atoms with E-state index in [1.54, 1.807) is 0 Å². The van der Waals surface area contributed by atoms with Crippen molar-refractivity contribution in [3.05, 3.63) is 35.2 Å². The zero-order chi connectivity index (χ0) is 15.8. The average molecular weight is 330 g/mol. The van der Waals surface area contributed by atoms with Crippen LogP contribution in [0.2, 0.25) is 0 Å². The minimum absolute atomic E-state index is 0.0631. The molecule has 1 heterocycles. The Bertz CT molecular complexity index is 825. The molecule has 1 unspecified atom stereocenters. The lowest BCUT2D eigenvalue weighted by atomic mass is 10.2. The molecule has 0 fully saturated rings. The molecular formula is C12H14N2O5S2. The van der Waals surface area contributed by atoms with Gasteiger partial charge in [-0.2, -0.15) is 0 Å². The number of hydrogen-bond donors (Lipinski definition) is 2. The smallest absolute Gasteiger partial charge is 0.251 e. The van der Waals surface area contributed by atoms with Crippen LogP contribution in [0.3, 0.4) is 0 Å². The number of hydrogen-bond acceptors (Lipinski definition) is 6. The number of rotatable bonds is 3. The van der Waals surface area contributed by atoms with Crippen LogP contribution in [0.5, 0.6) is 0 Å². The van der Waals surface area contributed by atoms with Crippen molar-refractivity contribution >= 4 is 31.3 Å². The van der Waals surface area contributed by atoms with Crippen LogP contribution < -0.4 is 11.1 Å². The van der Waals surface area contributed by atoms with Crippen LogP contribution in [-0.4, -0.2) is 40.8 Å². The molecule has 9 heteroatoms. The first-order valence-corrected chi connectivity index (χ1v) is 9.50. The first-order valence-electron chi connectivity index (χ1n) is 5.89. The summed E-state index contributed by atoms with van der Waals surface area (Å²) in [6.07, 6.45) is 2.38. The van der Waals surface area contributed by atoms with Gasteiger partial charge in [-0.3, -0.25) is 4.79 Å². The molecule has 0 spiro atoms. The van der Waals surface area contributed by atoms with E-state index in [1.165, 1.54) is 24.3 Å². The van der Waals surface area contributed by atoms with Crippen LogP contribution in [0, 0.1) is 0 Å². The van der Waals surface area contributed by atoms with Gasteiger partial charge in [-0.15, -0.1) is 0 Å². The van der Waals surface area contributed by atoms with Gasteiger partial charge < -0.3 is 11.1 Å².